The molecule has 0 aromatic carbocycles. The predicted molar refractivity (Wildman–Crippen MR) is 77.6 cm³/mol. The van der Waals surface area contributed by atoms with E-state index in [1.165, 1.54) is 7.11 Å². The molecule has 0 radical (unpaired) electrons. The minimum absolute atomic E-state index is 0.00824. The average Bonchev–Trinajstić information content (AvgIpc) is 2.38. The van der Waals surface area contributed by atoms with E-state index >= 15 is 0 Å². The lowest BCUT2D eigenvalue weighted by Crippen LogP contribution is -2.29. The highest BCUT2D eigenvalue weighted by Crippen LogP contribution is 2.21. The van der Waals surface area contributed by atoms with Crippen molar-refractivity contribution in [3.63, 3.8) is 0 Å². The summed E-state index contributed by atoms with van der Waals surface area (Å²) < 4.78 is 4.92. The first-order chi connectivity index (χ1) is 9.72. The van der Waals surface area contributed by atoms with Gasteiger partial charge in [0.25, 0.3) is 11.4 Å². The largest absolute Gasteiger partial charge is 0.479 e. The first-order valence-corrected chi connectivity index (χ1v) is 6.43. The highest BCUT2D eigenvalue weighted by atomic mass is 35.5. The van der Waals surface area contributed by atoms with E-state index in [9.17, 15) is 9.59 Å². The van der Waals surface area contributed by atoms with Gasteiger partial charge in [0.05, 0.1) is 7.11 Å². The van der Waals surface area contributed by atoms with Gasteiger partial charge in [-0.2, -0.15) is 9.97 Å². The third kappa shape index (κ3) is 3.10. The molecular weight excluding hydrogens is 298 g/mol. The molecule has 1 amide bonds. The average molecular weight is 312 g/mol. The third-order valence-corrected chi connectivity index (χ3v) is 2.82. The quantitative estimate of drug-likeness (QED) is 0.866. The summed E-state index contributed by atoms with van der Waals surface area (Å²) in [6.07, 6.45) is 0. The van der Waals surface area contributed by atoms with Crippen LogP contribution in [0.3, 0.4) is 0 Å². The molecule has 2 heterocycles. The molecule has 0 saturated carbocycles. The Hall–Kier alpha value is -2.22. The van der Waals surface area contributed by atoms with Crippen LogP contribution < -0.4 is 15.6 Å². The van der Waals surface area contributed by atoms with Gasteiger partial charge in [0.2, 0.25) is 11.9 Å². The van der Waals surface area contributed by atoms with Gasteiger partial charge in [-0.15, -0.1) is 0 Å². The smallest absolute Gasteiger partial charge is 0.280 e. The van der Waals surface area contributed by atoms with Crippen LogP contribution in [0.15, 0.2) is 4.79 Å². The summed E-state index contributed by atoms with van der Waals surface area (Å²) in [5.74, 6) is -0.250. The normalized spacial score (nSPS) is 11.5. The highest BCUT2D eigenvalue weighted by Gasteiger charge is 2.22. The van der Waals surface area contributed by atoms with Crippen molar-refractivity contribution in [1.29, 1.82) is 0 Å². The molecule has 0 bridgehead atoms. The number of H-pyrrole nitrogens is 1. The van der Waals surface area contributed by atoms with Gasteiger partial charge in [-0.3, -0.25) is 19.9 Å². The van der Waals surface area contributed by atoms with E-state index in [-0.39, 0.29) is 34.1 Å². The van der Waals surface area contributed by atoms with Crippen LogP contribution in [-0.2, 0) is 4.79 Å². The molecule has 2 rings (SSSR count). The number of rotatable bonds is 2. The van der Waals surface area contributed by atoms with Gasteiger partial charge in [0, 0.05) is 5.41 Å². The molecule has 2 aromatic heterocycles. The molecule has 0 aliphatic carbocycles. The Kier molecular flexibility index (Phi) is 3.82. The number of hydrogen-bond acceptors (Lipinski definition) is 6. The van der Waals surface area contributed by atoms with Crippen LogP contribution >= 0.6 is 11.6 Å². The maximum Gasteiger partial charge on any atom is 0.280 e. The van der Waals surface area contributed by atoms with Crippen LogP contribution in [-0.4, -0.2) is 33.0 Å². The second kappa shape index (κ2) is 5.28. The van der Waals surface area contributed by atoms with E-state index in [1.807, 2.05) is 0 Å². The summed E-state index contributed by atoms with van der Waals surface area (Å²) >= 11 is 5.81. The monoisotopic (exact) mass is 311 g/mol. The van der Waals surface area contributed by atoms with Crippen molar-refractivity contribution in [3.05, 3.63) is 15.5 Å². The first-order valence-electron chi connectivity index (χ1n) is 6.05. The fraction of sp³-hybridized carbons (Fsp3) is 0.417. The maximum atomic E-state index is 11.9. The molecule has 0 atom stereocenters. The number of fused-ring (bicyclic) bond motifs is 1. The van der Waals surface area contributed by atoms with Gasteiger partial charge < -0.3 is 4.74 Å². The van der Waals surface area contributed by atoms with Gasteiger partial charge >= 0.3 is 0 Å². The molecule has 21 heavy (non-hydrogen) atoms. The van der Waals surface area contributed by atoms with Gasteiger partial charge in [0.15, 0.2) is 16.3 Å². The Morgan fingerprint density at radius 1 is 1.29 bits per heavy atom. The Bertz CT molecular complexity index is 766. The van der Waals surface area contributed by atoms with Crippen molar-refractivity contribution in [2.24, 2.45) is 5.41 Å². The van der Waals surface area contributed by atoms with E-state index in [2.05, 4.69) is 25.3 Å². The van der Waals surface area contributed by atoms with E-state index in [0.717, 1.165) is 0 Å². The lowest BCUT2D eigenvalue weighted by molar-refractivity contribution is -0.123. The van der Waals surface area contributed by atoms with Crippen molar-refractivity contribution >= 4 is 34.6 Å². The predicted octanol–water partition coefficient (Wildman–Crippen LogP) is 1.36. The first kappa shape index (κ1) is 15.2. The minimum Gasteiger partial charge on any atom is -0.479 e. The van der Waals surface area contributed by atoms with Crippen LogP contribution in [0.2, 0.25) is 5.15 Å². The minimum atomic E-state index is -0.628. The van der Waals surface area contributed by atoms with Crippen molar-refractivity contribution < 1.29 is 9.53 Å². The van der Waals surface area contributed by atoms with Crippen molar-refractivity contribution in [2.75, 3.05) is 12.4 Å². The zero-order chi connectivity index (χ0) is 15.8. The van der Waals surface area contributed by atoms with Crippen LogP contribution in [0, 0.1) is 5.41 Å². The molecule has 0 saturated heterocycles. The SMILES string of the molecule is COc1nc2nc(NC(=O)C(C)(C)C)[nH]c(=O)c2nc1Cl. The second-order valence-corrected chi connectivity index (χ2v) is 5.67. The Morgan fingerprint density at radius 2 is 1.95 bits per heavy atom. The topological polar surface area (TPSA) is 110 Å². The Balaban J connectivity index is 2.51. The van der Waals surface area contributed by atoms with Crippen molar-refractivity contribution in [3.8, 4) is 5.88 Å². The molecule has 0 fully saturated rings. The third-order valence-electron chi connectivity index (χ3n) is 2.58. The highest BCUT2D eigenvalue weighted by molar-refractivity contribution is 6.30. The summed E-state index contributed by atoms with van der Waals surface area (Å²) in [5.41, 5.74) is -1.18. The molecule has 2 N–H and O–H groups in total. The lowest BCUT2D eigenvalue weighted by Gasteiger charge is -2.16. The standard InChI is InChI=1S/C12H14ClN5O3/c1-12(2,3)10(20)18-11-16-7-5(8(19)17-11)14-6(13)9(15-7)21-4/h1-4H3,(H2,15,16,17,18,19,20). The molecule has 112 valence electrons. The Morgan fingerprint density at radius 3 is 2.52 bits per heavy atom. The van der Waals surface area contributed by atoms with Gasteiger partial charge in [0.1, 0.15) is 0 Å². The van der Waals surface area contributed by atoms with E-state index in [0.29, 0.717) is 0 Å². The van der Waals surface area contributed by atoms with E-state index in [4.69, 9.17) is 16.3 Å². The van der Waals surface area contributed by atoms with Gasteiger partial charge in [-0.1, -0.05) is 32.4 Å². The molecule has 2 aromatic rings. The summed E-state index contributed by atoms with van der Waals surface area (Å²) in [6, 6.07) is 0. The number of carbonyl (C=O) groups is 1. The van der Waals surface area contributed by atoms with Crippen LogP contribution in [0.25, 0.3) is 11.2 Å². The van der Waals surface area contributed by atoms with Crippen LogP contribution in [0.5, 0.6) is 5.88 Å². The molecule has 9 heteroatoms. The number of ether oxygens (including phenoxy) is 1. The number of carbonyl (C=O) groups excluding carboxylic acids is 1. The maximum absolute atomic E-state index is 11.9. The number of nitrogens with zero attached hydrogens (tertiary/aromatic N) is 3. The molecule has 0 aliphatic heterocycles. The fourth-order valence-electron chi connectivity index (χ4n) is 1.41. The summed E-state index contributed by atoms with van der Waals surface area (Å²) in [6.45, 7) is 5.22. The number of aromatic nitrogens is 4. The van der Waals surface area contributed by atoms with E-state index < -0.39 is 11.0 Å². The zero-order valence-electron chi connectivity index (χ0n) is 11.9. The molecule has 0 unspecified atom stereocenters. The number of methoxy groups -OCH3 is 1. The summed E-state index contributed by atoms with van der Waals surface area (Å²) in [4.78, 5) is 38.2. The number of nitrogens with one attached hydrogen (secondary N) is 2. The summed E-state index contributed by atoms with van der Waals surface area (Å²) in [5, 5.41) is 2.48. The number of aromatic amines is 1. The molecule has 8 nitrogen and oxygen atoms in total. The lowest BCUT2D eigenvalue weighted by atomic mass is 9.96. The van der Waals surface area contributed by atoms with Crippen molar-refractivity contribution in [2.45, 2.75) is 20.8 Å². The van der Waals surface area contributed by atoms with Crippen LogP contribution in [0.1, 0.15) is 20.8 Å². The zero-order valence-corrected chi connectivity index (χ0v) is 12.7. The van der Waals surface area contributed by atoms with E-state index in [1.54, 1.807) is 20.8 Å². The Labute approximate surface area is 124 Å². The number of amides is 1. The van der Waals surface area contributed by atoms with Gasteiger partial charge in [-0.25, -0.2) is 4.98 Å². The summed E-state index contributed by atoms with van der Waals surface area (Å²) in [7, 11) is 1.37. The molecular formula is C12H14ClN5O3. The second-order valence-electron chi connectivity index (χ2n) is 5.31. The molecule has 0 spiro atoms. The van der Waals surface area contributed by atoms with Crippen LogP contribution in [0.4, 0.5) is 5.95 Å². The number of hydrogen-bond donors (Lipinski definition) is 2. The van der Waals surface area contributed by atoms with Gasteiger partial charge in [-0.05, 0) is 0 Å². The number of halogens is 1. The molecule has 0 aliphatic rings. The van der Waals surface area contributed by atoms with Crippen molar-refractivity contribution in [1.82, 2.24) is 19.9 Å². The number of anilines is 1. The fourth-order valence-corrected chi connectivity index (χ4v) is 1.61.